The number of ether oxygens (including phenoxy) is 1. The van der Waals surface area contributed by atoms with E-state index in [4.69, 9.17) is 27.9 Å². The Morgan fingerprint density at radius 3 is 2.26 bits per heavy atom. The fraction of sp³-hybridized carbons (Fsp3) is 0.235. The minimum Gasteiger partial charge on any atom is -0.436 e. The Hall–Kier alpha value is -1.62. The molecule has 0 bridgehead atoms. The van der Waals surface area contributed by atoms with Gasteiger partial charge in [-0.3, -0.25) is 4.79 Å². The molecule has 1 aliphatic heterocycles. The van der Waals surface area contributed by atoms with Gasteiger partial charge in [0, 0.05) is 16.5 Å². The van der Waals surface area contributed by atoms with Gasteiger partial charge in [0.2, 0.25) is 6.29 Å². The Labute approximate surface area is 142 Å². The molecule has 6 heteroatoms. The number of hydrogen-bond donors (Lipinski definition) is 1. The van der Waals surface area contributed by atoms with Crippen LogP contribution in [-0.2, 0) is 16.0 Å². The fourth-order valence-corrected chi connectivity index (χ4v) is 3.28. The summed E-state index contributed by atoms with van der Waals surface area (Å²) in [6, 6.07) is 9.46. The van der Waals surface area contributed by atoms with Crippen LogP contribution in [-0.4, -0.2) is 17.4 Å². The van der Waals surface area contributed by atoms with Gasteiger partial charge in [0.1, 0.15) is 5.82 Å². The van der Waals surface area contributed by atoms with Crippen LogP contribution < -0.4 is 0 Å². The third-order valence-electron chi connectivity index (χ3n) is 3.84. The van der Waals surface area contributed by atoms with Crippen LogP contribution in [0.4, 0.5) is 4.39 Å². The van der Waals surface area contributed by atoms with Gasteiger partial charge in [0.25, 0.3) is 0 Å². The smallest absolute Gasteiger partial charge is 0.311 e. The second kappa shape index (κ2) is 6.48. The van der Waals surface area contributed by atoms with Gasteiger partial charge in [-0.15, -0.1) is 0 Å². The topological polar surface area (TPSA) is 46.5 Å². The van der Waals surface area contributed by atoms with E-state index in [1.807, 2.05) is 0 Å². The van der Waals surface area contributed by atoms with Crippen molar-refractivity contribution in [3.8, 4) is 11.1 Å². The van der Waals surface area contributed by atoms with Gasteiger partial charge in [-0.25, -0.2) is 4.39 Å². The molecule has 23 heavy (non-hydrogen) atoms. The van der Waals surface area contributed by atoms with Crippen molar-refractivity contribution in [1.82, 2.24) is 0 Å². The van der Waals surface area contributed by atoms with Crippen molar-refractivity contribution in [3.63, 3.8) is 0 Å². The van der Waals surface area contributed by atoms with Crippen molar-refractivity contribution in [1.29, 1.82) is 0 Å². The van der Waals surface area contributed by atoms with E-state index in [0.29, 0.717) is 22.0 Å². The summed E-state index contributed by atoms with van der Waals surface area (Å²) in [5.41, 5.74) is 2.19. The number of halogens is 3. The predicted molar refractivity (Wildman–Crippen MR) is 85.8 cm³/mol. The van der Waals surface area contributed by atoms with E-state index in [1.54, 1.807) is 24.3 Å². The summed E-state index contributed by atoms with van der Waals surface area (Å²) >= 11 is 12.6. The van der Waals surface area contributed by atoms with Gasteiger partial charge in [-0.05, 0) is 47.4 Å². The van der Waals surface area contributed by atoms with E-state index in [-0.39, 0.29) is 12.2 Å². The summed E-state index contributed by atoms with van der Waals surface area (Å²) in [5, 5.41) is 10.2. The molecule has 1 N–H and O–H groups in total. The molecule has 1 saturated heterocycles. The first-order chi connectivity index (χ1) is 10.9. The largest absolute Gasteiger partial charge is 0.436 e. The lowest BCUT2D eigenvalue weighted by Crippen LogP contribution is -2.11. The molecule has 1 unspecified atom stereocenters. The summed E-state index contributed by atoms with van der Waals surface area (Å²) in [4.78, 5) is 11.6. The maximum atomic E-state index is 13.0. The lowest BCUT2D eigenvalue weighted by atomic mass is 9.95. The predicted octanol–water partition coefficient (Wildman–Crippen LogP) is 4.22. The number of carbonyl (C=O) groups excluding carboxylic acids is 1. The van der Waals surface area contributed by atoms with Gasteiger partial charge in [0.05, 0.1) is 5.92 Å². The molecule has 3 nitrogen and oxygen atoms in total. The molecule has 0 saturated carbocycles. The Bertz CT molecular complexity index is 723. The number of cyclic esters (lactones) is 1. The number of aliphatic hydroxyl groups excluding tert-OH is 1. The Morgan fingerprint density at radius 1 is 1.13 bits per heavy atom. The van der Waals surface area contributed by atoms with Crippen LogP contribution in [0.2, 0.25) is 10.0 Å². The van der Waals surface area contributed by atoms with E-state index in [1.165, 1.54) is 12.1 Å². The van der Waals surface area contributed by atoms with Crippen LogP contribution in [0, 0.1) is 11.7 Å². The Morgan fingerprint density at radius 2 is 1.74 bits per heavy atom. The number of esters is 1. The zero-order valence-corrected chi connectivity index (χ0v) is 13.4. The summed E-state index contributed by atoms with van der Waals surface area (Å²) in [6.07, 6.45) is -0.536. The van der Waals surface area contributed by atoms with E-state index in [9.17, 15) is 14.3 Å². The van der Waals surface area contributed by atoms with Gasteiger partial charge in [-0.1, -0.05) is 35.3 Å². The summed E-state index contributed by atoms with van der Waals surface area (Å²) < 4.78 is 17.7. The molecule has 0 radical (unpaired) electrons. The Kier molecular flexibility index (Phi) is 4.57. The fourth-order valence-electron chi connectivity index (χ4n) is 2.64. The average Bonchev–Trinajstić information content (AvgIpc) is 2.81. The first kappa shape index (κ1) is 16.2. The minimum atomic E-state index is -1.07. The number of benzene rings is 2. The second-order valence-corrected chi connectivity index (χ2v) is 6.27. The standard InChI is InChI=1S/C17H13Cl2FO3/c18-14-6-10(9-1-3-12(20)4-2-9)7-15(19)13(14)5-11-8-16(21)23-17(11)22/h1-4,6-7,11,16,21H,5,8H2/t11-,16?/m1/s1. The molecule has 120 valence electrons. The van der Waals surface area contributed by atoms with Crippen molar-refractivity contribution >= 4 is 29.2 Å². The molecule has 0 amide bonds. The summed E-state index contributed by atoms with van der Waals surface area (Å²) in [5.74, 6) is -1.23. The van der Waals surface area contributed by atoms with Crippen molar-refractivity contribution in [2.24, 2.45) is 5.92 Å². The average molecular weight is 355 g/mol. The van der Waals surface area contributed by atoms with Crippen molar-refractivity contribution in [2.45, 2.75) is 19.1 Å². The highest BCUT2D eigenvalue weighted by Gasteiger charge is 2.34. The van der Waals surface area contributed by atoms with Crippen LogP contribution in [0.25, 0.3) is 11.1 Å². The Balaban J connectivity index is 1.89. The quantitative estimate of drug-likeness (QED) is 0.839. The van der Waals surface area contributed by atoms with E-state index in [2.05, 4.69) is 0 Å². The second-order valence-electron chi connectivity index (χ2n) is 5.45. The van der Waals surface area contributed by atoms with Crippen molar-refractivity contribution in [3.05, 3.63) is 57.8 Å². The molecule has 1 fully saturated rings. The number of hydrogen-bond acceptors (Lipinski definition) is 3. The van der Waals surface area contributed by atoms with Crippen LogP contribution >= 0.6 is 23.2 Å². The normalized spacial score (nSPS) is 20.6. The van der Waals surface area contributed by atoms with Crippen LogP contribution in [0.5, 0.6) is 0 Å². The zero-order valence-electron chi connectivity index (χ0n) is 11.9. The van der Waals surface area contributed by atoms with Gasteiger partial charge in [-0.2, -0.15) is 0 Å². The highest BCUT2D eigenvalue weighted by atomic mass is 35.5. The molecule has 0 aromatic heterocycles. The molecule has 2 atom stereocenters. The third kappa shape index (κ3) is 3.50. The van der Waals surface area contributed by atoms with Crippen LogP contribution in [0.15, 0.2) is 36.4 Å². The molecule has 0 aliphatic carbocycles. The van der Waals surface area contributed by atoms with Gasteiger partial charge >= 0.3 is 5.97 Å². The summed E-state index contributed by atoms with van der Waals surface area (Å²) in [7, 11) is 0. The highest BCUT2D eigenvalue weighted by molar-refractivity contribution is 6.36. The molecular weight excluding hydrogens is 342 g/mol. The van der Waals surface area contributed by atoms with E-state index < -0.39 is 18.2 Å². The molecule has 1 aliphatic rings. The lowest BCUT2D eigenvalue weighted by molar-refractivity contribution is -0.155. The maximum absolute atomic E-state index is 13.0. The first-order valence-corrected chi connectivity index (χ1v) is 7.82. The molecule has 2 aromatic rings. The van der Waals surface area contributed by atoms with Gasteiger partial charge < -0.3 is 9.84 Å². The van der Waals surface area contributed by atoms with E-state index >= 15 is 0 Å². The van der Waals surface area contributed by atoms with Crippen molar-refractivity contribution < 1.29 is 19.0 Å². The molecule has 0 spiro atoms. The first-order valence-electron chi connectivity index (χ1n) is 7.06. The number of aliphatic hydroxyl groups is 1. The zero-order chi connectivity index (χ0) is 16.6. The van der Waals surface area contributed by atoms with Crippen LogP contribution in [0.3, 0.4) is 0 Å². The highest BCUT2D eigenvalue weighted by Crippen LogP contribution is 2.35. The maximum Gasteiger partial charge on any atom is 0.311 e. The minimum absolute atomic E-state index is 0.227. The van der Waals surface area contributed by atoms with Gasteiger partial charge in [0.15, 0.2) is 0 Å². The molecular formula is C17H13Cl2FO3. The molecule has 1 heterocycles. The third-order valence-corrected chi connectivity index (χ3v) is 4.52. The molecule has 3 rings (SSSR count). The monoisotopic (exact) mass is 354 g/mol. The van der Waals surface area contributed by atoms with Crippen LogP contribution in [0.1, 0.15) is 12.0 Å². The number of rotatable bonds is 3. The molecule has 2 aromatic carbocycles. The SMILES string of the molecule is O=C1OC(O)C[C@H]1Cc1c(Cl)cc(-c2ccc(F)cc2)cc1Cl. The lowest BCUT2D eigenvalue weighted by Gasteiger charge is -2.12. The van der Waals surface area contributed by atoms with Crippen molar-refractivity contribution in [2.75, 3.05) is 0 Å². The summed E-state index contributed by atoms with van der Waals surface area (Å²) in [6.45, 7) is 0. The number of carbonyl (C=O) groups is 1. The van der Waals surface area contributed by atoms with E-state index in [0.717, 1.165) is 11.1 Å².